The summed E-state index contributed by atoms with van der Waals surface area (Å²) in [4.78, 5) is 23.6. The molecule has 0 fully saturated rings. The van der Waals surface area contributed by atoms with Gasteiger partial charge in [-0.25, -0.2) is 4.79 Å². The Bertz CT molecular complexity index is 683. The molecule has 5 heteroatoms. The summed E-state index contributed by atoms with van der Waals surface area (Å²) in [5.74, 6) is 0.0714. The van der Waals surface area contributed by atoms with E-state index in [0.717, 1.165) is 17.7 Å². The summed E-state index contributed by atoms with van der Waals surface area (Å²) in [5, 5.41) is 0. The smallest absolute Gasteiger partial charge is 0.373 e. The second kappa shape index (κ2) is 4.85. The highest BCUT2D eigenvalue weighted by Crippen LogP contribution is 2.27. The summed E-state index contributed by atoms with van der Waals surface area (Å²) < 4.78 is 15.1. The normalized spacial score (nSPS) is 12.7. The van der Waals surface area contributed by atoms with Gasteiger partial charge in [-0.15, -0.1) is 0 Å². The molecule has 0 aliphatic carbocycles. The van der Waals surface area contributed by atoms with Gasteiger partial charge in [-0.3, -0.25) is 4.79 Å². The Morgan fingerprint density at radius 3 is 2.75 bits per heavy atom. The van der Waals surface area contributed by atoms with Gasteiger partial charge < -0.3 is 13.9 Å². The second-order valence-corrected chi connectivity index (χ2v) is 4.41. The minimum absolute atomic E-state index is 0.0142. The van der Waals surface area contributed by atoms with Crippen molar-refractivity contribution < 1.29 is 23.5 Å². The number of hydrogen-bond acceptors (Lipinski definition) is 5. The minimum Gasteiger partial charge on any atom is -0.493 e. The van der Waals surface area contributed by atoms with Crippen molar-refractivity contribution in [1.29, 1.82) is 0 Å². The number of esters is 1. The van der Waals surface area contributed by atoms with Gasteiger partial charge in [-0.2, -0.15) is 0 Å². The number of fused-ring (bicyclic) bond motifs is 1. The molecule has 0 amide bonds. The maximum absolute atomic E-state index is 12.3. The molecule has 0 atom stereocenters. The highest BCUT2D eigenvalue weighted by Gasteiger charge is 2.20. The number of benzene rings is 1. The van der Waals surface area contributed by atoms with Crippen molar-refractivity contribution in [3.63, 3.8) is 0 Å². The zero-order valence-electron chi connectivity index (χ0n) is 10.8. The summed E-state index contributed by atoms with van der Waals surface area (Å²) in [6.07, 6.45) is 0.794. The summed E-state index contributed by atoms with van der Waals surface area (Å²) in [6.45, 7) is 0.639. The Morgan fingerprint density at radius 1 is 1.15 bits per heavy atom. The van der Waals surface area contributed by atoms with Crippen molar-refractivity contribution in [2.24, 2.45) is 0 Å². The lowest BCUT2D eigenvalue weighted by atomic mass is 10.0. The van der Waals surface area contributed by atoms with E-state index < -0.39 is 5.97 Å². The summed E-state index contributed by atoms with van der Waals surface area (Å²) in [6, 6.07) is 8.16. The van der Waals surface area contributed by atoms with Crippen LogP contribution in [0.5, 0.6) is 5.75 Å². The van der Waals surface area contributed by atoms with E-state index in [2.05, 4.69) is 4.74 Å². The van der Waals surface area contributed by atoms with Gasteiger partial charge in [0.25, 0.3) is 0 Å². The number of methoxy groups -OCH3 is 1. The lowest BCUT2D eigenvalue weighted by molar-refractivity contribution is 0.0563. The van der Waals surface area contributed by atoms with E-state index in [-0.39, 0.29) is 17.3 Å². The monoisotopic (exact) mass is 272 g/mol. The zero-order chi connectivity index (χ0) is 14.1. The highest BCUT2D eigenvalue weighted by molar-refractivity contribution is 6.07. The highest BCUT2D eigenvalue weighted by atomic mass is 16.5. The quantitative estimate of drug-likeness (QED) is 0.633. The Morgan fingerprint density at radius 2 is 1.95 bits per heavy atom. The van der Waals surface area contributed by atoms with Crippen LogP contribution >= 0.6 is 0 Å². The molecular weight excluding hydrogens is 260 g/mol. The van der Waals surface area contributed by atoms with Crippen LogP contribution < -0.4 is 4.74 Å². The molecule has 5 nitrogen and oxygen atoms in total. The van der Waals surface area contributed by atoms with Crippen molar-refractivity contribution in [3.05, 3.63) is 53.0 Å². The number of carbonyl (C=O) groups is 2. The predicted molar refractivity (Wildman–Crippen MR) is 69.1 cm³/mol. The molecule has 1 aromatic heterocycles. The molecule has 2 aromatic rings. The molecule has 0 saturated heterocycles. The van der Waals surface area contributed by atoms with Gasteiger partial charge in [0.05, 0.1) is 13.7 Å². The lowest BCUT2D eigenvalue weighted by Gasteiger charge is -2.01. The molecule has 1 aliphatic heterocycles. The van der Waals surface area contributed by atoms with Crippen molar-refractivity contribution in [2.75, 3.05) is 13.7 Å². The molecule has 0 unspecified atom stereocenters. The van der Waals surface area contributed by atoms with Crippen LogP contribution in [0.25, 0.3) is 0 Å². The predicted octanol–water partition coefficient (Wildman–Crippen LogP) is 2.23. The average molecular weight is 272 g/mol. The van der Waals surface area contributed by atoms with Crippen LogP contribution in [0.2, 0.25) is 0 Å². The number of furan rings is 1. The van der Waals surface area contributed by atoms with E-state index in [4.69, 9.17) is 9.15 Å². The number of hydrogen-bond donors (Lipinski definition) is 0. The van der Waals surface area contributed by atoms with Crippen LogP contribution in [0.1, 0.15) is 32.2 Å². The molecular formula is C15H12O5. The molecule has 1 aromatic carbocycles. The molecule has 1 aliphatic rings. The first-order valence-electron chi connectivity index (χ1n) is 6.17. The number of rotatable bonds is 3. The van der Waals surface area contributed by atoms with E-state index in [1.54, 1.807) is 18.2 Å². The van der Waals surface area contributed by atoms with Gasteiger partial charge in [-0.05, 0) is 35.9 Å². The van der Waals surface area contributed by atoms with Crippen molar-refractivity contribution in [3.8, 4) is 5.75 Å². The number of ether oxygens (including phenoxy) is 2. The van der Waals surface area contributed by atoms with E-state index >= 15 is 0 Å². The van der Waals surface area contributed by atoms with Crippen LogP contribution in [-0.2, 0) is 11.2 Å². The Hall–Kier alpha value is -2.56. The summed E-state index contributed by atoms with van der Waals surface area (Å²) in [7, 11) is 1.26. The first kappa shape index (κ1) is 12.5. The molecule has 0 radical (unpaired) electrons. The Labute approximate surface area is 115 Å². The van der Waals surface area contributed by atoms with Gasteiger partial charge in [0, 0.05) is 12.0 Å². The third-order valence-corrected chi connectivity index (χ3v) is 3.17. The van der Waals surface area contributed by atoms with E-state index in [9.17, 15) is 9.59 Å². The van der Waals surface area contributed by atoms with Gasteiger partial charge in [0.1, 0.15) is 5.75 Å². The van der Waals surface area contributed by atoms with E-state index in [0.29, 0.717) is 12.2 Å². The average Bonchev–Trinajstić information content (AvgIpc) is 3.13. The SMILES string of the molecule is COC(=O)c1ccc(C(=O)c2ccc3c(c2)CCO3)o1. The summed E-state index contributed by atoms with van der Waals surface area (Å²) in [5.41, 5.74) is 1.52. The molecule has 0 spiro atoms. The fourth-order valence-electron chi connectivity index (χ4n) is 2.14. The Balaban J connectivity index is 1.89. The second-order valence-electron chi connectivity index (χ2n) is 4.41. The van der Waals surface area contributed by atoms with Crippen molar-refractivity contribution in [2.45, 2.75) is 6.42 Å². The molecule has 2 heterocycles. The Kier molecular flexibility index (Phi) is 3.02. The van der Waals surface area contributed by atoms with Crippen LogP contribution in [0.4, 0.5) is 0 Å². The van der Waals surface area contributed by atoms with Gasteiger partial charge >= 0.3 is 5.97 Å². The molecule has 0 bridgehead atoms. The topological polar surface area (TPSA) is 65.7 Å². The van der Waals surface area contributed by atoms with Gasteiger partial charge in [0.15, 0.2) is 5.76 Å². The molecule has 20 heavy (non-hydrogen) atoms. The molecule has 3 rings (SSSR count). The third-order valence-electron chi connectivity index (χ3n) is 3.17. The van der Waals surface area contributed by atoms with Gasteiger partial charge in [0.2, 0.25) is 11.5 Å². The summed E-state index contributed by atoms with van der Waals surface area (Å²) >= 11 is 0. The van der Waals surface area contributed by atoms with Crippen LogP contribution in [0.3, 0.4) is 0 Å². The van der Waals surface area contributed by atoms with Crippen LogP contribution in [0, 0.1) is 0 Å². The van der Waals surface area contributed by atoms with Crippen molar-refractivity contribution >= 4 is 11.8 Å². The van der Waals surface area contributed by atoms with Crippen LogP contribution in [0.15, 0.2) is 34.7 Å². The number of ketones is 1. The first-order chi connectivity index (χ1) is 9.69. The van der Waals surface area contributed by atoms with Gasteiger partial charge in [-0.1, -0.05) is 0 Å². The molecule has 0 N–H and O–H groups in total. The maximum Gasteiger partial charge on any atom is 0.373 e. The number of carbonyl (C=O) groups excluding carboxylic acids is 2. The fraction of sp³-hybridized carbons (Fsp3) is 0.200. The van der Waals surface area contributed by atoms with Crippen LogP contribution in [-0.4, -0.2) is 25.5 Å². The maximum atomic E-state index is 12.3. The lowest BCUT2D eigenvalue weighted by Crippen LogP contribution is -2.01. The largest absolute Gasteiger partial charge is 0.493 e. The van der Waals surface area contributed by atoms with E-state index in [1.165, 1.54) is 19.2 Å². The first-order valence-corrected chi connectivity index (χ1v) is 6.17. The standard InChI is InChI=1S/C15H12O5/c1-18-15(17)13-5-4-12(20-13)14(16)10-2-3-11-9(8-10)6-7-19-11/h2-5,8H,6-7H2,1H3. The minimum atomic E-state index is -0.605. The molecule has 0 saturated carbocycles. The van der Waals surface area contributed by atoms with Crippen molar-refractivity contribution in [1.82, 2.24) is 0 Å². The molecule has 102 valence electrons. The third kappa shape index (κ3) is 2.07. The fourth-order valence-corrected chi connectivity index (χ4v) is 2.14. The zero-order valence-corrected chi connectivity index (χ0v) is 10.8. The van der Waals surface area contributed by atoms with E-state index in [1.807, 2.05) is 0 Å².